The van der Waals surface area contributed by atoms with E-state index in [0.717, 1.165) is 19.3 Å². The van der Waals surface area contributed by atoms with Gasteiger partial charge in [0.25, 0.3) is 20.2 Å². The molecule has 0 saturated heterocycles. The van der Waals surface area contributed by atoms with E-state index < -0.39 is 37.3 Å². The van der Waals surface area contributed by atoms with Crippen molar-refractivity contribution in [2.45, 2.75) is 101 Å². The molecule has 9 heteroatoms. The van der Waals surface area contributed by atoms with Gasteiger partial charge in [-0.15, -0.1) is 0 Å². The predicted octanol–water partition coefficient (Wildman–Crippen LogP) is 3.90. The Morgan fingerprint density at radius 3 is 1.23 bits per heavy atom. The molecular formula is C17H37NO6S2. The van der Waals surface area contributed by atoms with Crippen LogP contribution in [0.5, 0.6) is 0 Å². The smallest absolute Gasteiger partial charge is 0.289 e. The standard InChI is InChI=1S/C17H37NO6S2/c1-2-3-4-5-6-7-8-9-10-11-12-13-14-15-17(16-18,25(19,20)21)26(22,23)24/h2-16,18H2,1H3,(H,19,20,21)(H,22,23,24). The largest absolute Gasteiger partial charge is 0.328 e. The molecule has 0 unspecified atom stereocenters. The van der Waals surface area contributed by atoms with Gasteiger partial charge in [0.15, 0.2) is 0 Å². The molecule has 0 spiro atoms. The molecule has 0 radical (unpaired) electrons. The van der Waals surface area contributed by atoms with Gasteiger partial charge in [-0.1, -0.05) is 90.4 Å². The summed E-state index contributed by atoms with van der Waals surface area (Å²) in [6, 6.07) is 0. The topological polar surface area (TPSA) is 135 Å². The van der Waals surface area contributed by atoms with Crippen LogP contribution in [0.1, 0.15) is 96.8 Å². The van der Waals surface area contributed by atoms with E-state index in [1.807, 2.05) is 0 Å². The van der Waals surface area contributed by atoms with Gasteiger partial charge in [-0.3, -0.25) is 9.11 Å². The second kappa shape index (κ2) is 13.0. The van der Waals surface area contributed by atoms with Crippen LogP contribution in [0, 0.1) is 0 Å². The van der Waals surface area contributed by atoms with Gasteiger partial charge < -0.3 is 5.73 Å². The third kappa shape index (κ3) is 9.12. The van der Waals surface area contributed by atoms with Crippen LogP contribution in [0.3, 0.4) is 0 Å². The molecule has 0 atom stereocenters. The summed E-state index contributed by atoms with van der Waals surface area (Å²) in [6.07, 6.45) is 13.7. The average Bonchev–Trinajstić information content (AvgIpc) is 2.53. The van der Waals surface area contributed by atoms with Crippen LogP contribution in [0.15, 0.2) is 0 Å². The minimum absolute atomic E-state index is 0.258. The maximum absolute atomic E-state index is 11.4. The summed E-state index contributed by atoms with van der Waals surface area (Å²) in [4.78, 5) is 0. The first-order chi connectivity index (χ1) is 12.1. The fourth-order valence-corrected chi connectivity index (χ4v) is 5.41. The number of unbranched alkanes of at least 4 members (excludes halogenated alkanes) is 12. The zero-order valence-electron chi connectivity index (χ0n) is 16.0. The first kappa shape index (κ1) is 25.8. The van der Waals surface area contributed by atoms with Crippen molar-refractivity contribution in [1.29, 1.82) is 0 Å². The van der Waals surface area contributed by atoms with Crippen molar-refractivity contribution >= 4 is 20.2 Å². The Labute approximate surface area is 159 Å². The van der Waals surface area contributed by atoms with Gasteiger partial charge in [0.1, 0.15) is 0 Å². The molecule has 0 amide bonds. The molecule has 0 bridgehead atoms. The molecule has 0 aromatic carbocycles. The third-order valence-electron chi connectivity index (χ3n) is 4.91. The molecule has 0 aliphatic heterocycles. The van der Waals surface area contributed by atoms with E-state index in [0.29, 0.717) is 6.42 Å². The van der Waals surface area contributed by atoms with E-state index in [-0.39, 0.29) is 6.42 Å². The van der Waals surface area contributed by atoms with Crippen LogP contribution in [0.2, 0.25) is 0 Å². The number of nitrogens with two attached hydrogens (primary N) is 1. The molecule has 0 aromatic rings. The van der Waals surface area contributed by atoms with Gasteiger partial charge in [0.05, 0.1) is 0 Å². The Morgan fingerprint density at radius 1 is 0.654 bits per heavy atom. The summed E-state index contributed by atoms with van der Waals surface area (Å²) in [5.74, 6) is 0. The average molecular weight is 416 g/mol. The number of hydrogen-bond acceptors (Lipinski definition) is 5. The summed E-state index contributed by atoms with van der Waals surface area (Å²) in [5.41, 5.74) is 5.25. The van der Waals surface area contributed by atoms with E-state index in [2.05, 4.69) is 6.92 Å². The van der Waals surface area contributed by atoms with E-state index in [1.54, 1.807) is 0 Å². The first-order valence-electron chi connectivity index (χ1n) is 9.76. The first-order valence-corrected chi connectivity index (χ1v) is 12.6. The van der Waals surface area contributed by atoms with Gasteiger partial charge in [0.2, 0.25) is 4.08 Å². The summed E-state index contributed by atoms with van der Waals surface area (Å²) >= 11 is 0. The lowest BCUT2D eigenvalue weighted by molar-refractivity contribution is 0.407. The normalized spacial score (nSPS) is 13.2. The van der Waals surface area contributed by atoms with E-state index in [4.69, 9.17) is 5.73 Å². The highest BCUT2D eigenvalue weighted by molar-refractivity contribution is 8.05. The molecular weight excluding hydrogens is 378 g/mol. The maximum Gasteiger partial charge on any atom is 0.289 e. The monoisotopic (exact) mass is 415 g/mol. The van der Waals surface area contributed by atoms with Crippen LogP contribution in [0.25, 0.3) is 0 Å². The molecule has 0 aliphatic carbocycles. The van der Waals surface area contributed by atoms with Gasteiger partial charge in [-0.25, -0.2) is 0 Å². The zero-order chi connectivity index (χ0) is 20.1. The molecule has 4 N–H and O–H groups in total. The number of hydrogen-bond donors (Lipinski definition) is 3. The van der Waals surface area contributed by atoms with Gasteiger partial charge >= 0.3 is 0 Å². The molecule has 7 nitrogen and oxygen atoms in total. The van der Waals surface area contributed by atoms with E-state index >= 15 is 0 Å². The van der Waals surface area contributed by atoms with E-state index in [9.17, 15) is 25.9 Å². The van der Waals surface area contributed by atoms with Crippen LogP contribution >= 0.6 is 0 Å². The molecule has 0 aliphatic rings. The van der Waals surface area contributed by atoms with Crippen molar-refractivity contribution in [2.75, 3.05) is 6.54 Å². The van der Waals surface area contributed by atoms with Crippen LogP contribution in [-0.4, -0.2) is 36.6 Å². The van der Waals surface area contributed by atoms with Crippen LogP contribution in [-0.2, 0) is 20.2 Å². The van der Waals surface area contributed by atoms with Crippen molar-refractivity contribution < 1.29 is 25.9 Å². The molecule has 0 fully saturated rings. The van der Waals surface area contributed by atoms with Crippen molar-refractivity contribution in [2.24, 2.45) is 5.73 Å². The van der Waals surface area contributed by atoms with Crippen molar-refractivity contribution in [3.05, 3.63) is 0 Å². The quantitative estimate of drug-likeness (QED) is 0.242. The predicted molar refractivity (Wildman–Crippen MR) is 105 cm³/mol. The Morgan fingerprint density at radius 2 is 0.962 bits per heavy atom. The molecule has 26 heavy (non-hydrogen) atoms. The Balaban J connectivity index is 3.91. The van der Waals surface area contributed by atoms with Crippen molar-refractivity contribution in [1.82, 2.24) is 0 Å². The Bertz CT molecular complexity index is 528. The SMILES string of the molecule is CCCCCCCCCCCCCCCC(CN)(S(=O)(=O)O)S(=O)(=O)O. The summed E-state index contributed by atoms with van der Waals surface area (Å²) in [6.45, 7) is 1.34. The fraction of sp³-hybridized carbons (Fsp3) is 1.00. The van der Waals surface area contributed by atoms with E-state index in [1.165, 1.54) is 51.4 Å². The fourth-order valence-electron chi connectivity index (χ4n) is 3.12. The Kier molecular flexibility index (Phi) is 12.9. The molecule has 0 aromatic heterocycles. The zero-order valence-corrected chi connectivity index (χ0v) is 17.7. The van der Waals surface area contributed by atoms with Gasteiger partial charge in [-0.2, -0.15) is 16.8 Å². The highest BCUT2D eigenvalue weighted by Gasteiger charge is 2.52. The third-order valence-corrected chi connectivity index (χ3v) is 8.80. The molecule has 158 valence electrons. The Hall–Kier alpha value is -0.220. The molecule has 0 saturated carbocycles. The van der Waals surface area contributed by atoms with Gasteiger partial charge in [0, 0.05) is 6.54 Å². The number of rotatable bonds is 17. The van der Waals surface area contributed by atoms with Gasteiger partial charge in [-0.05, 0) is 6.42 Å². The lowest BCUT2D eigenvalue weighted by Gasteiger charge is -2.25. The maximum atomic E-state index is 11.4. The second-order valence-corrected chi connectivity index (χ2v) is 10.8. The second-order valence-electron chi connectivity index (χ2n) is 7.06. The highest BCUT2D eigenvalue weighted by Crippen LogP contribution is 2.29. The highest BCUT2D eigenvalue weighted by atomic mass is 32.3. The van der Waals surface area contributed by atoms with Crippen molar-refractivity contribution in [3.8, 4) is 0 Å². The minimum Gasteiger partial charge on any atom is -0.328 e. The summed E-state index contributed by atoms with van der Waals surface area (Å²) in [5, 5.41) is 0. The van der Waals surface area contributed by atoms with Crippen LogP contribution < -0.4 is 5.73 Å². The summed E-state index contributed by atoms with van der Waals surface area (Å²) < 4.78 is 61.4. The molecule has 0 rings (SSSR count). The van der Waals surface area contributed by atoms with Crippen LogP contribution in [0.4, 0.5) is 0 Å². The lowest BCUT2D eigenvalue weighted by Crippen LogP contribution is -2.51. The van der Waals surface area contributed by atoms with Crippen molar-refractivity contribution in [3.63, 3.8) is 0 Å². The summed E-state index contributed by atoms with van der Waals surface area (Å²) in [7, 11) is -10.0. The molecule has 0 heterocycles. The minimum atomic E-state index is -5.01. The lowest BCUT2D eigenvalue weighted by atomic mass is 10.0.